The van der Waals surface area contributed by atoms with Gasteiger partial charge in [-0.1, -0.05) is 17.7 Å². The van der Waals surface area contributed by atoms with Gasteiger partial charge < -0.3 is 0 Å². The highest BCUT2D eigenvalue weighted by molar-refractivity contribution is 7.99. The Morgan fingerprint density at radius 3 is 2.74 bits per heavy atom. The van der Waals surface area contributed by atoms with Crippen LogP contribution >= 0.6 is 23.4 Å². The second-order valence-corrected chi connectivity index (χ2v) is 6.55. The molecule has 136 valence electrons. The average Bonchev–Trinajstić information content (AvgIpc) is 3.16. The van der Waals surface area contributed by atoms with Gasteiger partial charge in [-0.15, -0.1) is 0 Å². The molecule has 2 N–H and O–H groups in total. The third-order valence-corrected chi connectivity index (χ3v) is 4.47. The van der Waals surface area contributed by atoms with Crippen LogP contribution < -0.4 is 5.43 Å². The first-order chi connectivity index (χ1) is 13.0. The molecular formula is C16H11ClN6O3S. The molecular weight excluding hydrogens is 392 g/mol. The summed E-state index contributed by atoms with van der Waals surface area (Å²) in [6.07, 6.45) is 2.64. The molecule has 3 aromatic rings. The van der Waals surface area contributed by atoms with Crippen molar-refractivity contribution in [3.8, 4) is 0 Å². The number of nitrogens with one attached hydrogen (secondary N) is 2. The van der Waals surface area contributed by atoms with E-state index in [4.69, 9.17) is 11.6 Å². The summed E-state index contributed by atoms with van der Waals surface area (Å²) in [5.41, 5.74) is 3.10. The van der Waals surface area contributed by atoms with Crippen LogP contribution in [-0.2, 0) is 0 Å². The smallest absolute Gasteiger partial charge is 0.267 e. The Balaban J connectivity index is 1.71. The summed E-state index contributed by atoms with van der Waals surface area (Å²) in [5, 5.41) is 22.4. The maximum Gasteiger partial charge on any atom is 0.283 e. The van der Waals surface area contributed by atoms with Crippen molar-refractivity contribution in [2.24, 2.45) is 5.10 Å². The largest absolute Gasteiger partial charge is 0.283 e. The Bertz CT molecular complexity index is 992. The first-order valence-corrected chi connectivity index (χ1v) is 8.63. The first-order valence-electron chi connectivity index (χ1n) is 7.43. The quantitative estimate of drug-likeness (QED) is 0.370. The van der Waals surface area contributed by atoms with E-state index in [-0.39, 0.29) is 5.69 Å². The minimum absolute atomic E-state index is 0.107. The Hall–Kier alpha value is -3.24. The van der Waals surface area contributed by atoms with Crippen molar-refractivity contribution in [3.05, 3.63) is 75.1 Å². The molecule has 0 radical (unpaired) electrons. The van der Waals surface area contributed by atoms with Crippen LogP contribution in [0.5, 0.6) is 0 Å². The van der Waals surface area contributed by atoms with Crippen molar-refractivity contribution < 1.29 is 9.72 Å². The number of amides is 1. The Morgan fingerprint density at radius 2 is 2.07 bits per heavy atom. The molecule has 0 aliphatic heterocycles. The summed E-state index contributed by atoms with van der Waals surface area (Å²) in [4.78, 5) is 27.1. The van der Waals surface area contributed by atoms with Gasteiger partial charge in [-0.2, -0.15) is 10.2 Å². The van der Waals surface area contributed by atoms with Crippen LogP contribution in [0.1, 0.15) is 15.9 Å². The summed E-state index contributed by atoms with van der Waals surface area (Å²) in [5.74, 6) is -0.421. The minimum Gasteiger partial charge on any atom is -0.267 e. The van der Waals surface area contributed by atoms with Gasteiger partial charge in [0.15, 0.2) is 5.16 Å². The third kappa shape index (κ3) is 4.90. The van der Waals surface area contributed by atoms with Crippen molar-refractivity contribution in [3.63, 3.8) is 0 Å². The van der Waals surface area contributed by atoms with Crippen LogP contribution in [0, 0.1) is 10.1 Å². The number of benzene rings is 2. The number of aromatic amines is 1. The fourth-order valence-electron chi connectivity index (χ4n) is 2.02. The lowest BCUT2D eigenvalue weighted by Crippen LogP contribution is -2.17. The molecule has 0 atom stereocenters. The number of H-pyrrole nitrogens is 1. The second kappa shape index (κ2) is 8.43. The normalized spacial score (nSPS) is 10.9. The van der Waals surface area contributed by atoms with Crippen LogP contribution in [0.2, 0.25) is 5.02 Å². The molecule has 0 spiro atoms. The van der Waals surface area contributed by atoms with E-state index in [2.05, 4.69) is 25.7 Å². The van der Waals surface area contributed by atoms with Gasteiger partial charge in [0.1, 0.15) is 6.33 Å². The summed E-state index contributed by atoms with van der Waals surface area (Å²) in [6, 6.07) is 10.9. The highest BCUT2D eigenvalue weighted by Gasteiger charge is 2.16. The van der Waals surface area contributed by atoms with Crippen molar-refractivity contribution in [2.75, 3.05) is 0 Å². The molecule has 0 aliphatic rings. The van der Waals surface area contributed by atoms with Gasteiger partial charge in [-0.05, 0) is 42.1 Å². The van der Waals surface area contributed by atoms with Crippen LogP contribution in [0.4, 0.5) is 5.69 Å². The van der Waals surface area contributed by atoms with Crippen molar-refractivity contribution in [1.29, 1.82) is 0 Å². The molecule has 3 rings (SSSR count). The van der Waals surface area contributed by atoms with Gasteiger partial charge in [-0.3, -0.25) is 20.0 Å². The van der Waals surface area contributed by atoms with E-state index < -0.39 is 10.8 Å². The average molecular weight is 403 g/mol. The monoisotopic (exact) mass is 402 g/mol. The number of hydrogen-bond acceptors (Lipinski definition) is 7. The third-order valence-electron chi connectivity index (χ3n) is 3.27. The van der Waals surface area contributed by atoms with Crippen molar-refractivity contribution in [2.45, 2.75) is 10.1 Å². The van der Waals surface area contributed by atoms with Crippen LogP contribution in [-0.4, -0.2) is 32.2 Å². The lowest BCUT2D eigenvalue weighted by Gasteiger charge is -2.02. The minimum atomic E-state index is -0.498. The van der Waals surface area contributed by atoms with Crippen LogP contribution in [0.25, 0.3) is 0 Å². The van der Waals surface area contributed by atoms with Crippen LogP contribution in [0.3, 0.4) is 0 Å². The van der Waals surface area contributed by atoms with E-state index in [1.807, 2.05) is 0 Å². The maximum absolute atomic E-state index is 12.0. The fraction of sp³-hybridized carbons (Fsp3) is 0. The molecule has 0 aliphatic carbocycles. The zero-order valence-corrected chi connectivity index (χ0v) is 15.1. The van der Waals surface area contributed by atoms with E-state index in [0.29, 0.717) is 26.2 Å². The predicted molar refractivity (Wildman–Crippen MR) is 100 cm³/mol. The fourth-order valence-corrected chi connectivity index (χ4v) is 2.93. The Labute approximate surface area is 162 Å². The first kappa shape index (κ1) is 18.5. The summed E-state index contributed by atoms with van der Waals surface area (Å²) < 4.78 is 0. The number of hydrazone groups is 1. The number of hydrogen-bond donors (Lipinski definition) is 2. The van der Waals surface area contributed by atoms with E-state index >= 15 is 0 Å². The summed E-state index contributed by atoms with van der Waals surface area (Å²) in [6.45, 7) is 0. The lowest BCUT2D eigenvalue weighted by molar-refractivity contribution is -0.387. The lowest BCUT2D eigenvalue weighted by atomic mass is 10.2. The zero-order valence-electron chi connectivity index (χ0n) is 13.5. The van der Waals surface area contributed by atoms with Gasteiger partial charge in [0.25, 0.3) is 11.6 Å². The number of nitrogens with zero attached hydrogens (tertiary/aromatic N) is 4. The molecule has 0 bridgehead atoms. The second-order valence-electron chi connectivity index (χ2n) is 5.08. The van der Waals surface area contributed by atoms with Gasteiger partial charge in [0.2, 0.25) is 0 Å². The predicted octanol–water partition coefficient (Wildman–Crippen LogP) is 3.28. The number of aromatic nitrogens is 3. The van der Waals surface area contributed by atoms with E-state index in [9.17, 15) is 14.9 Å². The van der Waals surface area contributed by atoms with Gasteiger partial charge >= 0.3 is 0 Å². The molecule has 1 amide bonds. The van der Waals surface area contributed by atoms with Gasteiger partial charge in [0, 0.05) is 22.2 Å². The highest BCUT2D eigenvalue weighted by atomic mass is 35.5. The molecule has 0 fully saturated rings. The molecule has 0 saturated carbocycles. The molecule has 9 nitrogen and oxygen atoms in total. The highest BCUT2D eigenvalue weighted by Crippen LogP contribution is 2.33. The van der Waals surface area contributed by atoms with E-state index in [1.54, 1.807) is 36.4 Å². The van der Waals surface area contributed by atoms with Gasteiger partial charge in [-0.25, -0.2) is 10.4 Å². The number of carbonyl (C=O) groups is 1. The zero-order chi connectivity index (χ0) is 19.2. The SMILES string of the molecule is O=C(N/N=C\c1ccc(Sc2ncn[nH]2)c([N+](=O)[O-])c1)c1ccc(Cl)cc1. The number of halogens is 1. The van der Waals surface area contributed by atoms with E-state index in [0.717, 1.165) is 11.8 Å². The van der Waals surface area contributed by atoms with Crippen molar-refractivity contribution >= 4 is 41.2 Å². The Morgan fingerprint density at radius 1 is 1.30 bits per heavy atom. The molecule has 0 saturated heterocycles. The standard InChI is InChI=1S/C16H11ClN6O3S/c17-12-4-2-11(3-5-12)15(24)21-19-8-10-1-6-14(13(7-10)23(25)26)27-16-18-9-20-22-16/h1-9H,(H,21,24)(H,18,20,22)/b19-8-. The summed E-state index contributed by atoms with van der Waals surface area (Å²) in [7, 11) is 0. The Kier molecular flexibility index (Phi) is 5.79. The molecule has 11 heteroatoms. The molecule has 1 heterocycles. The maximum atomic E-state index is 12.0. The van der Waals surface area contributed by atoms with Crippen molar-refractivity contribution in [1.82, 2.24) is 20.6 Å². The number of carbonyl (C=O) groups excluding carboxylic acids is 1. The number of rotatable bonds is 6. The molecule has 27 heavy (non-hydrogen) atoms. The number of nitro groups is 1. The topological polar surface area (TPSA) is 126 Å². The summed E-state index contributed by atoms with van der Waals surface area (Å²) >= 11 is 6.86. The molecule has 2 aromatic carbocycles. The molecule has 0 unspecified atom stereocenters. The van der Waals surface area contributed by atoms with Gasteiger partial charge in [0.05, 0.1) is 16.0 Å². The van der Waals surface area contributed by atoms with Crippen LogP contribution in [0.15, 0.2) is 63.9 Å². The van der Waals surface area contributed by atoms with E-state index in [1.165, 1.54) is 18.6 Å². The molecule has 1 aromatic heterocycles. The number of nitro benzene ring substituents is 1.